The van der Waals surface area contributed by atoms with Gasteiger partial charge in [0.1, 0.15) is 0 Å². The van der Waals surface area contributed by atoms with Crippen molar-refractivity contribution in [2.45, 2.75) is 44.8 Å². The Bertz CT molecular complexity index is 1010. The highest BCUT2D eigenvalue weighted by molar-refractivity contribution is 7.13. The largest absolute Gasteiger partial charge is 0.435 e. The van der Waals surface area contributed by atoms with Gasteiger partial charge in [-0.15, -0.1) is 11.3 Å². The Morgan fingerprint density at radius 2 is 1.97 bits per heavy atom. The fourth-order valence-corrected chi connectivity index (χ4v) is 4.65. The first-order valence-electron chi connectivity index (χ1n) is 10.0. The minimum absolute atomic E-state index is 0.0250. The van der Waals surface area contributed by atoms with E-state index in [0.29, 0.717) is 21.8 Å². The van der Waals surface area contributed by atoms with E-state index in [1.165, 1.54) is 16.0 Å². The molecule has 30 heavy (non-hydrogen) atoms. The number of likely N-dealkylation sites (tertiary alicyclic amines) is 1. The minimum Gasteiger partial charge on any atom is -0.336 e. The molecule has 0 aliphatic carbocycles. The van der Waals surface area contributed by atoms with Gasteiger partial charge in [0.2, 0.25) is 0 Å². The van der Waals surface area contributed by atoms with Crippen LogP contribution >= 0.6 is 11.3 Å². The summed E-state index contributed by atoms with van der Waals surface area (Å²) in [5.41, 5.74) is 0.458. The van der Waals surface area contributed by atoms with Gasteiger partial charge < -0.3 is 4.90 Å². The average Bonchev–Trinajstić information content (AvgIpc) is 3.42. The first-order chi connectivity index (χ1) is 14.4. The van der Waals surface area contributed by atoms with E-state index in [0.717, 1.165) is 38.3 Å². The summed E-state index contributed by atoms with van der Waals surface area (Å²) in [4.78, 5) is 15.6. The Labute approximate surface area is 176 Å². The maximum Gasteiger partial charge on any atom is 0.435 e. The fraction of sp³-hybridized carbons (Fsp3) is 0.364. The molecule has 1 fully saturated rings. The van der Waals surface area contributed by atoms with E-state index in [-0.39, 0.29) is 11.9 Å². The Balaban J connectivity index is 1.66. The van der Waals surface area contributed by atoms with Crippen molar-refractivity contribution < 1.29 is 18.0 Å². The second-order valence-electron chi connectivity index (χ2n) is 7.40. The van der Waals surface area contributed by atoms with Crippen LogP contribution in [0.2, 0.25) is 0 Å². The van der Waals surface area contributed by atoms with E-state index >= 15 is 0 Å². The zero-order valence-electron chi connectivity index (χ0n) is 16.5. The van der Waals surface area contributed by atoms with Gasteiger partial charge in [0, 0.05) is 18.2 Å². The molecule has 158 valence electrons. The van der Waals surface area contributed by atoms with Crippen LogP contribution in [0, 0.1) is 0 Å². The van der Waals surface area contributed by atoms with Crippen LogP contribution in [0.1, 0.15) is 48.7 Å². The predicted octanol–water partition coefficient (Wildman–Crippen LogP) is 6.02. The fourth-order valence-electron chi connectivity index (χ4n) is 3.92. The quantitative estimate of drug-likeness (QED) is 0.504. The summed E-state index contributed by atoms with van der Waals surface area (Å²) >= 11 is 1.35. The number of piperidine rings is 1. The van der Waals surface area contributed by atoms with Crippen LogP contribution in [0.3, 0.4) is 0 Å². The first-order valence-corrected chi connectivity index (χ1v) is 10.9. The van der Waals surface area contributed by atoms with E-state index in [1.807, 2.05) is 10.3 Å². The molecule has 2 aromatic heterocycles. The number of amides is 1. The summed E-state index contributed by atoms with van der Waals surface area (Å²) in [7, 11) is 0. The van der Waals surface area contributed by atoms with Crippen LogP contribution in [-0.4, -0.2) is 33.2 Å². The lowest BCUT2D eigenvalue weighted by Gasteiger charge is -2.35. The van der Waals surface area contributed by atoms with Crippen molar-refractivity contribution in [2.75, 3.05) is 6.54 Å². The lowest BCUT2D eigenvalue weighted by molar-refractivity contribution is -0.141. The molecule has 1 aromatic carbocycles. The maximum atomic E-state index is 13.3. The highest BCUT2D eigenvalue weighted by Gasteiger charge is 2.35. The van der Waals surface area contributed by atoms with Crippen molar-refractivity contribution in [3.8, 4) is 16.3 Å². The van der Waals surface area contributed by atoms with Gasteiger partial charge in [0.15, 0.2) is 5.69 Å². The molecule has 3 aromatic rings. The van der Waals surface area contributed by atoms with Crippen LogP contribution in [0.25, 0.3) is 16.3 Å². The molecule has 1 amide bonds. The SMILES string of the molecule is CCC1CCCCN1C(=O)c1ccc(-n2nc(C(F)(F)F)cc2-c2cccs2)cc1. The molecule has 1 unspecified atom stereocenters. The number of halogens is 3. The zero-order valence-corrected chi connectivity index (χ0v) is 17.3. The molecule has 0 spiro atoms. The number of hydrogen-bond acceptors (Lipinski definition) is 3. The maximum absolute atomic E-state index is 13.3. The smallest absolute Gasteiger partial charge is 0.336 e. The van der Waals surface area contributed by atoms with Crippen LogP contribution in [0.5, 0.6) is 0 Å². The molecule has 1 saturated heterocycles. The highest BCUT2D eigenvalue weighted by atomic mass is 32.1. The topological polar surface area (TPSA) is 38.1 Å². The number of alkyl halides is 3. The van der Waals surface area contributed by atoms with E-state index in [4.69, 9.17) is 0 Å². The molecule has 0 bridgehead atoms. The number of carbonyl (C=O) groups is 1. The normalized spacial score (nSPS) is 17.3. The van der Waals surface area contributed by atoms with Crippen molar-refractivity contribution in [2.24, 2.45) is 0 Å². The number of benzene rings is 1. The Kier molecular flexibility index (Phi) is 5.69. The zero-order chi connectivity index (χ0) is 21.3. The number of nitrogens with zero attached hydrogens (tertiary/aromatic N) is 3. The van der Waals surface area contributed by atoms with E-state index < -0.39 is 11.9 Å². The molecule has 1 aliphatic rings. The second-order valence-corrected chi connectivity index (χ2v) is 8.35. The van der Waals surface area contributed by atoms with Crippen molar-refractivity contribution >= 4 is 17.2 Å². The molecule has 4 nitrogen and oxygen atoms in total. The third-order valence-electron chi connectivity index (χ3n) is 5.49. The average molecular weight is 433 g/mol. The summed E-state index contributed by atoms with van der Waals surface area (Å²) in [6.07, 6.45) is -0.471. The molecule has 0 saturated carbocycles. The number of carbonyl (C=O) groups excluding carboxylic acids is 1. The number of hydrogen-bond donors (Lipinski definition) is 0. The summed E-state index contributed by atoms with van der Waals surface area (Å²) in [6, 6.07) is 11.5. The third kappa shape index (κ3) is 4.01. The van der Waals surface area contributed by atoms with E-state index in [1.54, 1.807) is 36.4 Å². The Morgan fingerprint density at radius 1 is 1.20 bits per heavy atom. The molecule has 0 N–H and O–H groups in total. The highest BCUT2D eigenvalue weighted by Crippen LogP contribution is 2.34. The van der Waals surface area contributed by atoms with Gasteiger partial charge in [-0.2, -0.15) is 18.3 Å². The number of aromatic nitrogens is 2. The van der Waals surface area contributed by atoms with Crippen molar-refractivity contribution in [1.29, 1.82) is 0 Å². The summed E-state index contributed by atoms with van der Waals surface area (Å²) in [6.45, 7) is 2.83. The van der Waals surface area contributed by atoms with Crippen LogP contribution in [-0.2, 0) is 6.18 Å². The predicted molar refractivity (Wildman–Crippen MR) is 111 cm³/mol. The van der Waals surface area contributed by atoms with Gasteiger partial charge in [0.25, 0.3) is 5.91 Å². The monoisotopic (exact) mass is 433 g/mol. The summed E-state index contributed by atoms with van der Waals surface area (Å²) < 4.78 is 41.1. The standard InChI is InChI=1S/C22H22F3N3OS/c1-2-16-6-3-4-12-27(16)21(29)15-8-10-17(11-9-15)28-18(19-7-5-13-30-19)14-20(26-28)22(23,24)25/h5,7-11,13-14,16H,2-4,6,12H2,1H3. The van der Waals surface area contributed by atoms with Crippen LogP contribution in [0.15, 0.2) is 47.8 Å². The molecular formula is C22H22F3N3OS. The molecule has 1 aliphatic heterocycles. The van der Waals surface area contributed by atoms with Crippen LogP contribution in [0.4, 0.5) is 13.2 Å². The van der Waals surface area contributed by atoms with Gasteiger partial charge in [0.05, 0.1) is 16.3 Å². The van der Waals surface area contributed by atoms with Crippen molar-refractivity contribution in [1.82, 2.24) is 14.7 Å². The third-order valence-corrected chi connectivity index (χ3v) is 6.38. The Hall–Kier alpha value is -2.61. The molecule has 3 heterocycles. The minimum atomic E-state index is -4.53. The molecule has 0 radical (unpaired) electrons. The van der Waals surface area contributed by atoms with Crippen LogP contribution < -0.4 is 0 Å². The summed E-state index contributed by atoms with van der Waals surface area (Å²) in [5.74, 6) is -0.0250. The molecular weight excluding hydrogens is 411 g/mol. The Morgan fingerprint density at radius 3 is 2.60 bits per heavy atom. The van der Waals surface area contributed by atoms with Gasteiger partial charge in [-0.05, 0) is 67.5 Å². The van der Waals surface area contributed by atoms with Gasteiger partial charge >= 0.3 is 6.18 Å². The molecule has 1 atom stereocenters. The molecule has 4 rings (SSSR count). The second kappa shape index (κ2) is 8.26. The lowest BCUT2D eigenvalue weighted by atomic mass is 9.99. The number of rotatable bonds is 4. The van der Waals surface area contributed by atoms with Gasteiger partial charge in [-0.3, -0.25) is 4.79 Å². The van der Waals surface area contributed by atoms with Gasteiger partial charge in [-0.25, -0.2) is 4.68 Å². The van der Waals surface area contributed by atoms with E-state index in [9.17, 15) is 18.0 Å². The molecule has 8 heteroatoms. The summed E-state index contributed by atoms with van der Waals surface area (Å²) in [5, 5.41) is 5.61. The number of thiophene rings is 1. The first kappa shape index (κ1) is 20.7. The van der Waals surface area contributed by atoms with Crippen molar-refractivity contribution in [3.05, 3.63) is 59.1 Å². The van der Waals surface area contributed by atoms with Gasteiger partial charge in [-0.1, -0.05) is 13.0 Å². The van der Waals surface area contributed by atoms with E-state index in [2.05, 4.69) is 12.0 Å². The lowest BCUT2D eigenvalue weighted by Crippen LogP contribution is -2.43. The van der Waals surface area contributed by atoms with Crippen molar-refractivity contribution in [3.63, 3.8) is 0 Å².